The van der Waals surface area contributed by atoms with E-state index >= 15 is 0 Å². The molecular weight excluding hydrogens is 418 g/mol. The third kappa shape index (κ3) is 3.77. The van der Waals surface area contributed by atoms with Crippen molar-refractivity contribution in [2.45, 2.75) is 30.6 Å². The van der Waals surface area contributed by atoms with Crippen LogP contribution >= 0.6 is 11.7 Å². The second-order valence-corrected chi connectivity index (χ2v) is 9.70. The number of fused-ring (bicyclic) bond motifs is 2. The second kappa shape index (κ2) is 7.92. The Balaban J connectivity index is 1.38. The number of nitrogens with zero attached hydrogens (tertiary/aromatic N) is 4. The Kier molecular flexibility index (Phi) is 5.11. The van der Waals surface area contributed by atoms with Crippen molar-refractivity contribution in [3.8, 4) is 0 Å². The summed E-state index contributed by atoms with van der Waals surface area (Å²) in [5.74, 6) is 0. The summed E-state index contributed by atoms with van der Waals surface area (Å²) in [4.78, 5) is 2.51. The zero-order valence-electron chi connectivity index (χ0n) is 16.2. The lowest BCUT2D eigenvalue weighted by molar-refractivity contribution is 0.133. The van der Waals surface area contributed by atoms with Gasteiger partial charge in [0.1, 0.15) is 15.9 Å². The third-order valence-electron chi connectivity index (χ3n) is 5.49. The fraction of sp³-hybridized carbons (Fsp3) is 0.238. The highest BCUT2D eigenvalue weighted by molar-refractivity contribution is 7.89. The van der Waals surface area contributed by atoms with Crippen LogP contribution in [0.5, 0.6) is 0 Å². The molecule has 3 heterocycles. The first-order valence-electron chi connectivity index (χ1n) is 9.73. The summed E-state index contributed by atoms with van der Waals surface area (Å²) >= 11 is 1.02. The van der Waals surface area contributed by atoms with Crippen LogP contribution in [0.2, 0.25) is 0 Å². The maximum atomic E-state index is 13.0. The van der Waals surface area contributed by atoms with Crippen molar-refractivity contribution < 1.29 is 8.42 Å². The van der Waals surface area contributed by atoms with E-state index in [2.05, 4.69) is 47.3 Å². The van der Waals surface area contributed by atoms with Gasteiger partial charge >= 0.3 is 0 Å². The number of sulfonamides is 1. The Morgan fingerprint density at radius 1 is 1.03 bits per heavy atom. The Bertz CT molecular complexity index is 1270. The van der Waals surface area contributed by atoms with E-state index in [-0.39, 0.29) is 10.9 Å². The van der Waals surface area contributed by atoms with E-state index < -0.39 is 10.0 Å². The quantitative estimate of drug-likeness (QED) is 0.500. The first kappa shape index (κ1) is 19.4. The second-order valence-electron chi connectivity index (χ2n) is 7.44. The molecule has 1 unspecified atom stereocenters. The average molecular weight is 440 g/mol. The number of benzene rings is 2. The molecule has 0 fully saturated rings. The number of hydrogen-bond acceptors (Lipinski definition) is 6. The molecule has 30 heavy (non-hydrogen) atoms. The Morgan fingerprint density at radius 2 is 1.90 bits per heavy atom. The lowest BCUT2D eigenvalue weighted by Crippen LogP contribution is -2.48. The van der Waals surface area contributed by atoms with E-state index in [1.165, 1.54) is 11.3 Å². The minimum Gasteiger partial charge on any atom is -0.349 e. The van der Waals surface area contributed by atoms with Gasteiger partial charge in [-0.1, -0.05) is 36.4 Å². The zero-order valence-corrected chi connectivity index (χ0v) is 17.8. The Morgan fingerprint density at radius 3 is 2.77 bits per heavy atom. The molecule has 4 aromatic rings. The fourth-order valence-corrected chi connectivity index (χ4v) is 5.77. The van der Waals surface area contributed by atoms with Gasteiger partial charge in [-0.2, -0.15) is 8.75 Å². The molecule has 0 radical (unpaired) electrons. The zero-order chi connectivity index (χ0) is 20.6. The molecule has 1 N–H and O–H groups in total. The molecule has 0 saturated heterocycles. The van der Waals surface area contributed by atoms with E-state index in [0.717, 1.165) is 31.4 Å². The summed E-state index contributed by atoms with van der Waals surface area (Å²) in [5.41, 5.74) is 3.47. The van der Waals surface area contributed by atoms with Crippen LogP contribution in [-0.4, -0.2) is 39.2 Å². The third-order valence-corrected chi connectivity index (χ3v) is 7.49. The lowest BCUT2D eigenvalue weighted by Gasteiger charge is -2.37. The molecular formula is C21H21N5O2S2. The van der Waals surface area contributed by atoms with Crippen molar-refractivity contribution in [1.29, 1.82) is 0 Å². The van der Waals surface area contributed by atoms with Gasteiger partial charge in [-0.05, 0) is 29.8 Å². The summed E-state index contributed by atoms with van der Waals surface area (Å²) in [5, 5.41) is 0. The normalized spacial score (nSPS) is 17.3. The molecule has 154 valence electrons. The summed E-state index contributed by atoms with van der Waals surface area (Å²) in [6.45, 7) is 2.60. The van der Waals surface area contributed by atoms with E-state index in [4.69, 9.17) is 0 Å². The maximum absolute atomic E-state index is 13.0. The van der Waals surface area contributed by atoms with Gasteiger partial charge in [-0.15, -0.1) is 0 Å². The van der Waals surface area contributed by atoms with E-state index in [1.54, 1.807) is 18.2 Å². The predicted molar refractivity (Wildman–Crippen MR) is 117 cm³/mol. The Labute approximate surface area is 179 Å². The van der Waals surface area contributed by atoms with Crippen LogP contribution < -0.4 is 4.72 Å². The number of hydrogen-bond donors (Lipinski definition) is 1. The van der Waals surface area contributed by atoms with Crippen LogP contribution in [0.25, 0.3) is 11.0 Å². The van der Waals surface area contributed by atoms with Crippen LogP contribution in [-0.2, 0) is 29.7 Å². The van der Waals surface area contributed by atoms with Gasteiger partial charge in [0.2, 0.25) is 10.0 Å². The van der Waals surface area contributed by atoms with Crippen molar-refractivity contribution in [2.75, 3.05) is 6.54 Å². The number of aromatic nitrogens is 3. The predicted octanol–water partition coefficient (Wildman–Crippen LogP) is 2.86. The van der Waals surface area contributed by atoms with Crippen LogP contribution in [0.15, 0.2) is 71.8 Å². The molecule has 0 bridgehead atoms. The maximum Gasteiger partial charge on any atom is 0.242 e. The highest BCUT2D eigenvalue weighted by atomic mass is 32.2. The topological polar surface area (TPSA) is 80.1 Å². The molecule has 0 saturated carbocycles. The van der Waals surface area contributed by atoms with Crippen molar-refractivity contribution >= 4 is 32.8 Å². The van der Waals surface area contributed by atoms with Crippen molar-refractivity contribution in [3.63, 3.8) is 0 Å². The molecule has 1 atom stereocenters. The average Bonchev–Trinajstić information content (AvgIpc) is 3.41. The molecule has 1 aliphatic rings. The molecule has 9 heteroatoms. The van der Waals surface area contributed by atoms with Gasteiger partial charge in [-0.25, -0.2) is 13.1 Å². The van der Waals surface area contributed by atoms with Gasteiger partial charge in [0.25, 0.3) is 0 Å². The van der Waals surface area contributed by atoms with Crippen LogP contribution in [0, 0.1) is 0 Å². The largest absolute Gasteiger partial charge is 0.349 e. The molecule has 2 aromatic heterocycles. The van der Waals surface area contributed by atoms with Crippen LogP contribution in [0.1, 0.15) is 11.3 Å². The number of nitrogens with one attached hydrogen (secondary N) is 1. The number of rotatable bonds is 6. The Hall–Kier alpha value is -2.59. The lowest BCUT2D eigenvalue weighted by atomic mass is 10.1. The van der Waals surface area contributed by atoms with Gasteiger partial charge in [-0.3, -0.25) is 4.90 Å². The standard InChI is InChI=1S/C21H21N5O2S2/c27-30(28,20-10-4-9-19-21(20)24-29-23-19)22-12-18-15-25-11-5-8-17(25)14-26(18)13-16-6-2-1-3-7-16/h1-11,18,22H,12-15H2. The van der Waals surface area contributed by atoms with Gasteiger partial charge in [0, 0.05) is 44.1 Å². The smallest absolute Gasteiger partial charge is 0.242 e. The highest BCUT2D eigenvalue weighted by Gasteiger charge is 2.28. The van der Waals surface area contributed by atoms with Crippen molar-refractivity contribution in [1.82, 2.24) is 22.9 Å². The van der Waals surface area contributed by atoms with Crippen molar-refractivity contribution in [3.05, 3.63) is 78.1 Å². The van der Waals surface area contributed by atoms with E-state index in [9.17, 15) is 8.42 Å². The SMILES string of the molecule is O=S(=O)(NCC1Cn2cccc2CN1Cc1ccccc1)c1cccc2nsnc12. The summed E-state index contributed by atoms with van der Waals surface area (Å²) in [6, 6.07) is 19.5. The molecule has 0 spiro atoms. The highest BCUT2D eigenvalue weighted by Crippen LogP contribution is 2.23. The van der Waals surface area contributed by atoms with Crippen molar-refractivity contribution in [2.24, 2.45) is 0 Å². The molecule has 1 aliphatic heterocycles. The summed E-state index contributed by atoms with van der Waals surface area (Å²) < 4.78 is 39.4. The van der Waals surface area contributed by atoms with Crippen LogP contribution in [0.4, 0.5) is 0 Å². The first-order valence-corrected chi connectivity index (χ1v) is 11.9. The van der Waals surface area contributed by atoms with Gasteiger partial charge < -0.3 is 4.57 Å². The summed E-state index contributed by atoms with van der Waals surface area (Å²) in [6.07, 6.45) is 2.05. The molecule has 2 aromatic carbocycles. The van der Waals surface area contributed by atoms with Gasteiger partial charge in [0.15, 0.2) is 0 Å². The molecule has 0 aliphatic carbocycles. The molecule has 7 nitrogen and oxygen atoms in total. The molecule has 5 rings (SSSR count). The fourth-order valence-electron chi connectivity index (χ4n) is 3.93. The monoisotopic (exact) mass is 439 g/mol. The van der Waals surface area contributed by atoms with Crippen LogP contribution in [0.3, 0.4) is 0 Å². The van der Waals surface area contributed by atoms with E-state index in [1.807, 2.05) is 24.3 Å². The van der Waals surface area contributed by atoms with E-state index in [0.29, 0.717) is 17.6 Å². The van der Waals surface area contributed by atoms with Gasteiger partial charge in [0.05, 0.1) is 11.7 Å². The minimum absolute atomic E-state index is 0.0349. The first-order chi connectivity index (χ1) is 14.6. The molecule has 0 amide bonds. The minimum atomic E-state index is -3.70. The summed E-state index contributed by atoms with van der Waals surface area (Å²) in [7, 11) is -3.70.